The fourth-order valence-corrected chi connectivity index (χ4v) is 12.6. The Hall–Kier alpha value is -1.26. The van der Waals surface area contributed by atoms with Crippen molar-refractivity contribution in [2.75, 3.05) is 60.2 Å². The first-order valence-electron chi connectivity index (χ1n) is 15.4. The second kappa shape index (κ2) is 8.88. The van der Waals surface area contributed by atoms with Gasteiger partial charge in [-0.1, -0.05) is 25.1 Å². The van der Waals surface area contributed by atoms with Crippen LogP contribution in [0, 0.1) is 34.5 Å². The van der Waals surface area contributed by atoms with E-state index in [2.05, 4.69) is 47.5 Å². The molecule has 40 heavy (non-hydrogen) atoms. The smallest absolute Gasteiger partial charge is 0.148 e. The molecule has 13 atom stereocenters. The Morgan fingerprint density at radius 3 is 2.55 bits per heavy atom. The van der Waals surface area contributed by atoms with Crippen molar-refractivity contribution in [3.63, 3.8) is 0 Å². The van der Waals surface area contributed by atoms with Gasteiger partial charge in [0.15, 0.2) is 0 Å². The molecule has 7 aliphatic rings. The van der Waals surface area contributed by atoms with E-state index in [1.165, 1.54) is 5.69 Å². The number of hydrogen-bond acceptors (Lipinski definition) is 8. The van der Waals surface area contributed by atoms with Gasteiger partial charge in [0.05, 0.1) is 30.5 Å². The van der Waals surface area contributed by atoms with Gasteiger partial charge in [0, 0.05) is 82.2 Å². The average molecular weight is 555 g/mol. The summed E-state index contributed by atoms with van der Waals surface area (Å²) in [5.74, 6) is 1.23. The van der Waals surface area contributed by atoms with Gasteiger partial charge in [-0.3, -0.25) is 4.90 Å². The van der Waals surface area contributed by atoms with Crippen LogP contribution in [0.15, 0.2) is 30.3 Å². The van der Waals surface area contributed by atoms with Crippen LogP contribution in [-0.4, -0.2) is 101 Å². The van der Waals surface area contributed by atoms with Crippen molar-refractivity contribution in [1.82, 2.24) is 4.90 Å². The molecule has 7 bridgehead atoms. The first-order valence-corrected chi connectivity index (χ1v) is 15.4. The Morgan fingerprint density at radius 2 is 1.85 bits per heavy atom. The number of methoxy groups -OCH3 is 4. The van der Waals surface area contributed by atoms with Crippen LogP contribution in [0.25, 0.3) is 0 Å². The van der Waals surface area contributed by atoms with Gasteiger partial charge in [-0.25, -0.2) is 0 Å². The molecular formula is C32H46N2O6. The summed E-state index contributed by atoms with van der Waals surface area (Å²) in [7, 11) is 7.60. The van der Waals surface area contributed by atoms with Crippen LogP contribution in [0.4, 0.5) is 5.69 Å². The highest BCUT2D eigenvalue weighted by atomic mass is 16.7. The molecule has 8 nitrogen and oxygen atoms in total. The second-order valence-electron chi connectivity index (χ2n) is 13.7. The summed E-state index contributed by atoms with van der Waals surface area (Å²) in [6.07, 6.45) is 4.22. The maximum Gasteiger partial charge on any atom is 0.148 e. The van der Waals surface area contributed by atoms with Crippen molar-refractivity contribution in [2.45, 2.75) is 74.3 Å². The number of nitrogens with zero attached hydrogens (tertiary/aromatic N) is 1. The largest absolute Gasteiger partial charge is 0.384 e. The number of rotatable bonds is 8. The number of fused-ring (bicyclic) bond motifs is 1. The highest BCUT2D eigenvalue weighted by molar-refractivity contribution is 5.46. The number of para-hydroxylation sites is 1. The van der Waals surface area contributed by atoms with Crippen molar-refractivity contribution >= 4 is 5.69 Å². The van der Waals surface area contributed by atoms with Gasteiger partial charge in [-0.15, -0.1) is 0 Å². The van der Waals surface area contributed by atoms with Crippen LogP contribution in [-0.2, 0) is 28.4 Å². The Balaban J connectivity index is 1.37. The van der Waals surface area contributed by atoms with Crippen LogP contribution in [0.2, 0.25) is 0 Å². The summed E-state index contributed by atoms with van der Waals surface area (Å²) in [6.45, 7) is 5.51. The third-order valence-electron chi connectivity index (χ3n) is 13.3. The minimum Gasteiger partial charge on any atom is -0.384 e. The van der Waals surface area contributed by atoms with Crippen LogP contribution < -0.4 is 5.32 Å². The van der Waals surface area contributed by atoms with Crippen molar-refractivity contribution in [2.24, 2.45) is 34.5 Å². The fourth-order valence-electron chi connectivity index (χ4n) is 12.6. The molecule has 1 aromatic rings. The summed E-state index contributed by atoms with van der Waals surface area (Å²) in [5.41, 5.74) is -0.0723. The van der Waals surface area contributed by atoms with Gasteiger partial charge in [-0.2, -0.15) is 0 Å². The number of likely N-dealkylation sites (tertiary alicyclic amines) is 1. The molecular weight excluding hydrogens is 508 g/mol. The summed E-state index contributed by atoms with van der Waals surface area (Å²) < 4.78 is 40.2. The number of likely N-dealkylation sites (N-methyl/N-ethyl adjacent to an activating group) is 1. The van der Waals surface area contributed by atoms with Crippen molar-refractivity contribution in [1.29, 1.82) is 0 Å². The summed E-state index contributed by atoms with van der Waals surface area (Å²) in [6, 6.07) is 10.8. The monoisotopic (exact) mass is 554 g/mol. The molecule has 8 rings (SSSR count). The lowest BCUT2D eigenvalue weighted by molar-refractivity contribution is -0.283. The Bertz CT molecular complexity index is 1140. The molecule has 2 aliphatic heterocycles. The van der Waals surface area contributed by atoms with Crippen LogP contribution in [0.5, 0.6) is 0 Å². The minimum absolute atomic E-state index is 0.00858. The van der Waals surface area contributed by atoms with E-state index in [4.69, 9.17) is 28.4 Å². The molecule has 1 aromatic carbocycles. The first kappa shape index (κ1) is 26.4. The van der Waals surface area contributed by atoms with Crippen LogP contribution in [0.1, 0.15) is 32.6 Å². The number of piperidine rings is 1. The number of benzene rings is 1. The average Bonchev–Trinajstić information content (AvgIpc) is 3.57. The van der Waals surface area contributed by atoms with Gasteiger partial charge in [0.1, 0.15) is 18.0 Å². The zero-order valence-electron chi connectivity index (χ0n) is 24.6. The third kappa shape index (κ3) is 2.70. The normalized spacial score (nSPS) is 53.5. The van der Waals surface area contributed by atoms with E-state index >= 15 is 0 Å². The first-order chi connectivity index (χ1) is 19.5. The molecule has 220 valence electrons. The molecule has 1 N–H and O–H groups in total. The minimum atomic E-state index is -0.609. The quantitative estimate of drug-likeness (QED) is 0.525. The molecule has 0 radical (unpaired) electrons. The van der Waals surface area contributed by atoms with E-state index in [9.17, 15) is 0 Å². The van der Waals surface area contributed by atoms with Gasteiger partial charge < -0.3 is 33.7 Å². The molecule has 7 fully saturated rings. The third-order valence-corrected chi connectivity index (χ3v) is 13.3. The highest BCUT2D eigenvalue weighted by Gasteiger charge is 2.93. The number of anilines is 1. The van der Waals surface area contributed by atoms with Crippen LogP contribution in [0.3, 0.4) is 0 Å². The van der Waals surface area contributed by atoms with Gasteiger partial charge in [-0.05, 0) is 43.9 Å². The lowest BCUT2D eigenvalue weighted by Crippen LogP contribution is -2.81. The second-order valence-corrected chi connectivity index (χ2v) is 13.7. The van der Waals surface area contributed by atoms with Gasteiger partial charge in [0.2, 0.25) is 0 Å². The fraction of sp³-hybridized carbons (Fsp3) is 0.812. The van der Waals surface area contributed by atoms with E-state index in [1.54, 1.807) is 0 Å². The summed E-state index contributed by atoms with van der Waals surface area (Å²) in [5, 5.41) is 3.89. The van der Waals surface area contributed by atoms with E-state index < -0.39 is 11.2 Å². The Kier molecular flexibility index (Phi) is 5.86. The molecule has 0 aromatic heterocycles. The van der Waals surface area contributed by atoms with Gasteiger partial charge >= 0.3 is 0 Å². The molecule has 0 amide bonds. The molecule has 3 spiro atoms. The van der Waals surface area contributed by atoms with Crippen molar-refractivity contribution in [3.8, 4) is 0 Å². The van der Waals surface area contributed by atoms with Crippen molar-refractivity contribution < 1.29 is 28.4 Å². The molecule has 2 saturated heterocycles. The Labute approximate surface area is 238 Å². The van der Waals surface area contributed by atoms with E-state index in [0.29, 0.717) is 18.6 Å². The molecule has 2 heterocycles. The topological polar surface area (TPSA) is 70.7 Å². The predicted octanol–water partition coefficient (Wildman–Crippen LogP) is 3.41. The van der Waals surface area contributed by atoms with E-state index in [-0.39, 0.29) is 53.1 Å². The highest BCUT2D eigenvalue weighted by Crippen LogP contribution is 2.82. The molecule has 5 saturated carbocycles. The Morgan fingerprint density at radius 1 is 1.02 bits per heavy atom. The molecule has 8 heteroatoms. The number of nitrogens with one attached hydrogen (secondary N) is 1. The number of ether oxygens (including phenoxy) is 6. The standard InChI is InChI=1S/C32H46N2O6/c1-6-34-17-29(16-33-19-10-8-7-9-11-19)13-12-23(36-3)31-21-14-20-22(35-2)15-30(24(21)25(20)37-4)32(28(31)34,40-18-39-30)27(38-5)26(29)31/h7-11,20-28,33H,6,12-18H2,1-5H3/t20-,21-,22+,23+,24-,25+,26-,27+,28?,29-,30-,31+,32-/m1/s1. The lowest BCUT2D eigenvalue weighted by atomic mass is 9.42. The zero-order chi connectivity index (χ0) is 27.5. The van der Waals surface area contributed by atoms with Gasteiger partial charge in [0.25, 0.3) is 0 Å². The van der Waals surface area contributed by atoms with Crippen molar-refractivity contribution in [3.05, 3.63) is 30.3 Å². The summed E-state index contributed by atoms with van der Waals surface area (Å²) in [4.78, 5) is 2.76. The van der Waals surface area contributed by atoms with Crippen LogP contribution >= 0.6 is 0 Å². The lowest BCUT2D eigenvalue weighted by Gasteiger charge is -2.70. The van der Waals surface area contributed by atoms with E-state index in [0.717, 1.165) is 45.3 Å². The number of hydrogen-bond donors (Lipinski definition) is 1. The maximum atomic E-state index is 7.13. The molecule has 5 aliphatic carbocycles. The maximum absolute atomic E-state index is 7.13. The van der Waals surface area contributed by atoms with E-state index in [1.807, 2.05) is 28.4 Å². The summed E-state index contributed by atoms with van der Waals surface area (Å²) >= 11 is 0. The molecule has 1 unspecified atom stereocenters. The SMILES string of the molecule is CCN1C[C@]2(CNc3ccccc3)CC[C@H](OC)[C@@]34C1[C@]1(OCO[C@@]15C[C@H](OC)[C@H]1C[C@@H]3[C@@H]5[C@H]1OC)[C@@H](OC)[C@H]24. The zero-order valence-corrected chi connectivity index (χ0v) is 24.6. The predicted molar refractivity (Wildman–Crippen MR) is 149 cm³/mol.